The Labute approximate surface area is 105 Å². The lowest BCUT2D eigenvalue weighted by Gasteiger charge is -2.21. The molecule has 0 spiro atoms. The first-order valence-corrected chi connectivity index (χ1v) is 6.77. The zero-order valence-corrected chi connectivity index (χ0v) is 11.5. The molecule has 0 saturated carbocycles. The van der Waals surface area contributed by atoms with Gasteiger partial charge in [-0.25, -0.2) is 0 Å². The van der Waals surface area contributed by atoms with E-state index in [1.54, 1.807) is 24.3 Å². The van der Waals surface area contributed by atoms with Crippen LogP contribution in [0.3, 0.4) is 0 Å². The Morgan fingerprint density at radius 3 is 2.18 bits per heavy atom. The number of carbonyl (C=O) groups is 1. The van der Waals surface area contributed by atoms with Crippen molar-refractivity contribution in [3.63, 3.8) is 0 Å². The number of benzene rings is 1. The van der Waals surface area contributed by atoms with Gasteiger partial charge in [-0.2, -0.15) is 0 Å². The molecule has 4 heteroatoms. The van der Waals surface area contributed by atoms with Gasteiger partial charge in [0.15, 0.2) is 0 Å². The summed E-state index contributed by atoms with van der Waals surface area (Å²) in [5.41, 5.74) is -0.250. The van der Waals surface area contributed by atoms with Crippen LogP contribution in [0.1, 0.15) is 27.7 Å². The summed E-state index contributed by atoms with van der Waals surface area (Å²) in [5, 5.41) is 0. The van der Waals surface area contributed by atoms with Gasteiger partial charge in [-0.05, 0) is 52.0 Å². The lowest BCUT2D eigenvalue weighted by Crippen LogP contribution is -2.22. The molecule has 1 rings (SSSR count). The second-order valence-corrected chi connectivity index (χ2v) is 6.33. The van der Waals surface area contributed by atoms with E-state index in [-0.39, 0.29) is 17.1 Å². The van der Waals surface area contributed by atoms with E-state index in [1.807, 2.05) is 20.8 Å². The largest absolute Gasteiger partial charge is 0.488 e. The third-order valence-corrected chi connectivity index (χ3v) is 3.31. The predicted molar refractivity (Wildman–Crippen MR) is 68.8 cm³/mol. The number of ether oxygens (including phenoxy) is 1. The maximum absolute atomic E-state index is 11.7. The Kier molecular flexibility index (Phi) is 4.46. The van der Waals surface area contributed by atoms with Gasteiger partial charge in [-0.3, -0.25) is 9.00 Å². The number of hydrogen-bond acceptors (Lipinski definition) is 3. The van der Waals surface area contributed by atoms with Crippen LogP contribution in [-0.2, 0) is 15.6 Å². The summed E-state index contributed by atoms with van der Waals surface area (Å²) in [6.45, 7) is 7.34. The average molecular weight is 254 g/mol. The van der Waals surface area contributed by atoms with Gasteiger partial charge in [0.2, 0.25) is 0 Å². The quantitative estimate of drug-likeness (QED) is 0.829. The molecule has 0 aliphatic carbocycles. The Bertz CT molecular complexity index is 415. The topological polar surface area (TPSA) is 43.4 Å². The number of rotatable bonds is 4. The molecule has 0 N–H and O–H groups in total. The van der Waals surface area contributed by atoms with Crippen molar-refractivity contribution in [2.24, 2.45) is 0 Å². The summed E-state index contributed by atoms with van der Waals surface area (Å²) in [6, 6.07) is 7.03. The number of carbonyl (C=O) groups excluding carboxylic acids is 1. The monoisotopic (exact) mass is 254 g/mol. The van der Waals surface area contributed by atoms with Gasteiger partial charge in [-0.1, -0.05) is 0 Å². The predicted octanol–water partition coefficient (Wildman–Crippen LogP) is 2.56. The molecule has 1 aromatic carbocycles. The Morgan fingerprint density at radius 1 is 1.24 bits per heavy atom. The summed E-state index contributed by atoms with van der Waals surface area (Å²) in [5.74, 6) is 0.735. The molecular formula is C13H18O3S. The average Bonchev–Trinajstić information content (AvgIpc) is 2.15. The number of ketones is 1. The Hall–Kier alpha value is -1.16. The maximum atomic E-state index is 11.7. The van der Waals surface area contributed by atoms with Gasteiger partial charge in [0.1, 0.15) is 17.1 Å². The molecule has 1 aromatic rings. The van der Waals surface area contributed by atoms with Crippen molar-refractivity contribution in [2.75, 3.05) is 5.75 Å². The summed E-state index contributed by atoms with van der Waals surface area (Å²) in [7, 11) is -1.25. The molecule has 1 atom stereocenters. The fraction of sp³-hybridized carbons (Fsp3) is 0.462. The van der Waals surface area contributed by atoms with Crippen LogP contribution in [0.2, 0.25) is 0 Å². The van der Waals surface area contributed by atoms with Gasteiger partial charge in [0.05, 0.1) is 16.6 Å². The third kappa shape index (κ3) is 5.13. The van der Waals surface area contributed by atoms with Crippen LogP contribution in [0.5, 0.6) is 5.75 Å². The highest BCUT2D eigenvalue weighted by Gasteiger charge is 2.12. The zero-order valence-electron chi connectivity index (χ0n) is 10.6. The van der Waals surface area contributed by atoms with E-state index in [2.05, 4.69) is 0 Å². The molecule has 0 aliphatic heterocycles. The van der Waals surface area contributed by atoms with Crippen LogP contribution >= 0.6 is 0 Å². The summed E-state index contributed by atoms with van der Waals surface area (Å²) >= 11 is 0. The van der Waals surface area contributed by atoms with Crippen LogP contribution in [0, 0.1) is 0 Å². The molecule has 0 bridgehead atoms. The summed E-state index contributed by atoms with van der Waals surface area (Å²) in [6.07, 6.45) is 0. The van der Waals surface area contributed by atoms with Gasteiger partial charge in [0, 0.05) is 4.90 Å². The Morgan fingerprint density at radius 2 is 1.76 bits per heavy atom. The minimum absolute atomic E-state index is 0.0689. The van der Waals surface area contributed by atoms with E-state index in [0.717, 1.165) is 5.75 Å². The van der Waals surface area contributed by atoms with Crippen LogP contribution < -0.4 is 4.74 Å². The molecular weight excluding hydrogens is 236 g/mol. The summed E-state index contributed by atoms with van der Waals surface area (Å²) < 4.78 is 17.4. The van der Waals surface area contributed by atoms with E-state index in [4.69, 9.17) is 4.74 Å². The first kappa shape index (κ1) is 13.9. The molecule has 17 heavy (non-hydrogen) atoms. The highest BCUT2D eigenvalue weighted by atomic mass is 32.2. The third-order valence-electron chi connectivity index (χ3n) is 1.85. The molecule has 0 amide bonds. The van der Waals surface area contributed by atoms with Crippen molar-refractivity contribution in [2.45, 2.75) is 38.2 Å². The normalized spacial score (nSPS) is 13.2. The minimum Gasteiger partial charge on any atom is -0.488 e. The number of hydrogen-bond donors (Lipinski definition) is 0. The number of Topliss-reactive ketones (excluding diaryl/α,β-unsaturated/α-hetero) is 1. The molecule has 0 heterocycles. The van der Waals surface area contributed by atoms with Gasteiger partial charge < -0.3 is 4.74 Å². The smallest absolute Gasteiger partial charge is 0.142 e. The molecule has 0 aromatic heterocycles. The highest BCUT2D eigenvalue weighted by Crippen LogP contribution is 2.19. The van der Waals surface area contributed by atoms with Crippen molar-refractivity contribution in [3.05, 3.63) is 24.3 Å². The molecule has 1 unspecified atom stereocenters. The minimum atomic E-state index is -1.25. The maximum Gasteiger partial charge on any atom is 0.142 e. The lowest BCUT2D eigenvalue weighted by atomic mass is 10.2. The zero-order chi connectivity index (χ0) is 13.1. The van der Waals surface area contributed by atoms with Crippen molar-refractivity contribution in [1.82, 2.24) is 0 Å². The second kappa shape index (κ2) is 5.45. The van der Waals surface area contributed by atoms with Crippen molar-refractivity contribution in [1.29, 1.82) is 0 Å². The Balaban J connectivity index is 2.74. The van der Waals surface area contributed by atoms with E-state index >= 15 is 0 Å². The molecule has 0 radical (unpaired) electrons. The highest BCUT2D eigenvalue weighted by molar-refractivity contribution is 7.85. The lowest BCUT2D eigenvalue weighted by molar-refractivity contribution is -0.114. The molecule has 0 fully saturated rings. The fourth-order valence-electron chi connectivity index (χ4n) is 1.28. The standard InChI is InChI=1S/C13H18O3S/c1-10(14)9-17(15)12-7-5-11(6-8-12)16-13(2,3)4/h5-8H,9H2,1-4H3. The molecule has 0 aliphatic rings. The van der Waals surface area contributed by atoms with E-state index in [1.165, 1.54) is 6.92 Å². The van der Waals surface area contributed by atoms with Crippen molar-refractivity contribution in [3.8, 4) is 5.75 Å². The van der Waals surface area contributed by atoms with Gasteiger partial charge in [0.25, 0.3) is 0 Å². The van der Waals surface area contributed by atoms with E-state index in [9.17, 15) is 9.00 Å². The van der Waals surface area contributed by atoms with Gasteiger partial charge in [-0.15, -0.1) is 0 Å². The summed E-state index contributed by atoms with van der Waals surface area (Å²) in [4.78, 5) is 11.5. The first-order chi connectivity index (χ1) is 7.78. The van der Waals surface area contributed by atoms with Crippen LogP contribution in [0.25, 0.3) is 0 Å². The molecule has 0 saturated heterocycles. The fourth-order valence-corrected chi connectivity index (χ4v) is 2.26. The van der Waals surface area contributed by atoms with Crippen molar-refractivity contribution >= 4 is 16.6 Å². The SMILES string of the molecule is CC(=O)CS(=O)c1ccc(OC(C)(C)C)cc1. The van der Waals surface area contributed by atoms with E-state index < -0.39 is 10.8 Å². The van der Waals surface area contributed by atoms with Crippen LogP contribution in [0.15, 0.2) is 29.2 Å². The van der Waals surface area contributed by atoms with Crippen molar-refractivity contribution < 1.29 is 13.7 Å². The molecule has 94 valence electrons. The molecule has 3 nitrogen and oxygen atoms in total. The van der Waals surface area contributed by atoms with Crippen LogP contribution in [-0.4, -0.2) is 21.3 Å². The van der Waals surface area contributed by atoms with E-state index in [0.29, 0.717) is 4.90 Å². The van der Waals surface area contributed by atoms with Crippen LogP contribution in [0.4, 0.5) is 0 Å². The first-order valence-electron chi connectivity index (χ1n) is 5.45. The second-order valence-electron chi connectivity index (χ2n) is 4.88. The van der Waals surface area contributed by atoms with Gasteiger partial charge >= 0.3 is 0 Å².